The van der Waals surface area contributed by atoms with E-state index in [0.717, 1.165) is 5.56 Å². The monoisotopic (exact) mass is 457 g/mol. The highest BCUT2D eigenvalue weighted by Crippen LogP contribution is 2.53. The maximum atomic E-state index is 13.7. The van der Waals surface area contributed by atoms with Crippen LogP contribution in [0.1, 0.15) is 30.0 Å². The van der Waals surface area contributed by atoms with E-state index in [4.69, 9.17) is 11.5 Å². The summed E-state index contributed by atoms with van der Waals surface area (Å²) in [6.45, 7) is 1.89. The first-order valence-electron chi connectivity index (χ1n) is 10.7. The fraction of sp³-hybridized carbons (Fsp3) is 0.435. The van der Waals surface area contributed by atoms with Gasteiger partial charge >= 0.3 is 0 Å². The van der Waals surface area contributed by atoms with E-state index in [9.17, 15) is 34.8 Å². The average Bonchev–Trinajstić information content (AvgIpc) is 2.72. The smallest absolute Gasteiger partial charge is 0.255 e. The minimum absolute atomic E-state index is 0.0168. The van der Waals surface area contributed by atoms with Crippen molar-refractivity contribution in [1.82, 2.24) is 4.90 Å². The van der Waals surface area contributed by atoms with Crippen LogP contribution in [-0.4, -0.2) is 68.5 Å². The highest BCUT2D eigenvalue weighted by Gasteiger charge is 2.64. The van der Waals surface area contributed by atoms with Gasteiger partial charge in [-0.25, -0.2) is 0 Å². The first kappa shape index (κ1) is 22.8. The zero-order chi connectivity index (χ0) is 24.6. The number of fused-ring (bicyclic) bond motifs is 3. The lowest BCUT2D eigenvalue weighted by Crippen LogP contribution is -2.65. The zero-order valence-electron chi connectivity index (χ0n) is 18.5. The Morgan fingerprint density at radius 3 is 2.42 bits per heavy atom. The van der Waals surface area contributed by atoms with Crippen molar-refractivity contribution in [3.8, 4) is 5.75 Å². The molecular weight excluding hydrogens is 430 g/mol. The molecule has 0 heterocycles. The third kappa shape index (κ3) is 2.83. The topological polar surface area (TPSA) is 187 Å². The SMILES string of the molecule is CCc1cc(N)c(O)c2c1C[C@H]1C[C@H]3[C@H](N(C)C)C(=O)C(C(N)=O)=C(O)[C@@]3(O)C(=O)C1=C2O. The van der Waals surface area contributed by atoms with Crippen LogP contribution in [0.4, 0.5) is 5.69 Å². The van der Waals surface area contributed by atoms with Crippen LogP contribution >= 0.6 is 0 Å². The van der Waals surface area contributed by atoms with Gasteiger partial charge in [0, 0.05) is 11.5 Å². The molecule has 8 N–H and O–H groups in total. The lowest BCUT2D eigenvalue weighted by Gasteiger charge is -2.50. The number of anilines is 1. The number of aromatic hydroxyl groups is 1. The molecule has 0 radical (unpaired) electrons. The summed E-state index contributed by atoms with van der Waals surface area (Å²) >= 11 is 0. The summed E-state index contributed by atoms with van der Waals surface area (Å²) < 4.78 is 0. The molecule has 4 rings (SSSR count). The number of Topliss-reactive ketones (excluding diaryl/α,β-unsaturated/α-hetero) is 2. The van der Waals surface area contributed by atoms with Gasteiger partial charge in [-0.2, -0.15) is 0 Å². The van der Waals surface area contributed by atoms with Gasteiger partial charge < -0.3 is 31.9 Å². The molecule has 4 atom stereocenters. The van der Waals surface area contributed by atoms with Crippen LogP contribution in [0.15, 0.2) is 23.0 Å². The van der Waals surface area contributed by atoms with Crippen molar-refractivity contribution in [3.63, 3.8) is 0 Å². The number of nitrogen functional groups attached to an aromatic ring is 1. The van der Waals surface area contributed by atoms with Crippen molar-refractivity contribution in [2.45, 2.75) is 37.8 Å². The summed E-state index contributed by atoms with van der Waals surface area (Å²) in [6, 6.07) is 0.515. The first-order valence-corrected chi connectivity index (χ1v) is 10.7. The number of ketones is 2. The van der Waals surface area contributed by atoms with Gasteiger partial charge in [-0.1, -0.05) is 6.92 Å². The number of aliphatic hydroxyl groups excluding tert-OH is 2. The summed E-state index contributed by atoms with van der Waals surface area (Å²) in [5.74, 6) is -6.80. The molecular formula is C23H27N3O7. The minimum Gasteiger partial charge on any atom is -0.508 e. The largest absolute Gasteiger partial charge is 0.508 e. The van der Waals surface area contributed by atoms with E-state index in [-0.39, 0.29) is 35.4 Å². The van der Waals surface area contributed by atoms with E-state index in [1.807, 2.05) is 6.92 Å². The number of likely N-dealkylation sites (N-methyl/N-ethyl adjacent to an activating group) is 1. The Kier molecular flexibility index (Phi) is 5.06. The molecule has 1 fully saturated rings. The third-order valence-electron chi connectivity index (χ3n) is 7.22. The average molecular weight is 457 g/mol. The quantitative estimate of drug-likeness (QED) is 0.208. The molecule has 1 aromatic carbocycles. The van der Waals surface area contributed by atoms with Crippen molar-refractivity contribution in [2.24, 2.45) is 17.6 Å². The van der Waals surface area contributed by atoms with Gasteiger partial charge in [-0.15, -0.1) is 0 Å². The number of phenolic OH excluding ortho intramolecular Hbond substituents is 1. The van der Waals surface area contributed by atoms with E-state index >= 15 is 0 Å². The summed E-state index contributed by atoms with van der Waals surface area (Å²) in [5, 5.41) is 44.0. The Hall–Kier alpha value is -3.37. The standard InChI is InChI=1S/C23H27N3O7/c1-4-8-7-12(24)17(27)14-10(8)5-9-6-11-16(26(2)3)19(29)15(22(25)32)21(31)23(11,33)20(30)13(9)18(14)28/h7,9,11,16,27-28,31,33H,4-6,24H2,1-3H3,(H2,25,32)/t9-,11-,16-,23-/m0/s1. The Morgan fingerprint density at radius 1 is 1.24 bits per heavy atom. The van der Waals surface area contributed by atoms with E-state index in [1.165, 1.54) is 4.90 Å². The van der Waals surface area contributed by atoms with Crippen molar-refractivity contribution >= 4 is 28.9 Å². The van der Waals surface area contributed by atoms with Gasteiger partial charge in [-0.05, 0) is 56.5 Å². The molecule has 33 heavy (non-hydrogen) atoms. The minimum atomic E-state index is -2.64. The van der Waals surface area contributed by atoms with Crippen molar-refractivity contribution in [3.05, 3.63) is 39.7 Å². The molecule has 10 heteroatoms. The Labute approximate surface area is 189 Å². The number of nitrogens with zero attached hydrogens (tertiary/aromatic N) is 1. The van der Waals surface area contributed by atoms with E-state index in [0.29, 0.717) is 12.0 Å². The summed E-state index contributed by atoms with van der Waals surface area (Å²) in [5.41, 5.74) is 9.01. The molecule has 0 bridgehead atoms. The summed E-state index contributed by atoms with van der Waals surface area (Å²) in [7, 11) is 3.12. The van der Waals surface area contributed by atoms with Crippen LogP contribution < -0.4 is 11.5 Å². The number of nitrogens with two attached hydrogens (primary N) is 2. The molecule has 10 nitrogen and oxygen atoms in total. The van der Waals surface area contributed by atoms with Gasteiger partial charge in [-0.3, -0.25) is 19.3 Å². The van der Waals surface area contributed by atoms with Gasteiger partial charge in [0.15, 0.2) is 11.4 Å². The molecule has 0 unspecified atom stereocenters. The number of hydrogen-bond donors (Lipinski definition) is 6. The molecule has 176 valence electrons. The number of primary amides is 1. The molecule has 3 aliphatic carbocycles. The highest BCUT2D eigenvalue weighted by molar-refractivity contribution is 6.24. The number of aliphatic hydroxyl groups is 3. The normalized spacial score (nSPS) is 29.2. The predicted molar refractivity (Wildman–Crippen MR) is 118 cm³/mol. The molecule has 0 aliphatic heterocycles. The second-order valence-corrected chi connectivity index (χ2v) is 9.14. The predicted octanol–water partition coefficient (Wildman–Crippen LogP) is 0.109. The van der Waals surface area contributed by atoms with Crippen molar-refractivity contribution in [1.29, 1.82) is 0 Å². The van der Waals surface area contributed by atoms with E-state index in [1.54, 1.807) is 20.2 Å². The van der Waals surface area contributed by atoms with Gasteiger partial charge in [0.25, 0.3) is 5.91 Å². The van der Waals surface area contributed by atoms with Crippen molar-refractivity contribution in [2.75, 3.05) is 19.8 Å². The van der Waals surface area contributed by atoms with Crippen LogP contribution in [-0.2, 0) is 27.2 Å². The van der Waals surface area contributed by atoms with Gasteiger partial charge in [0.2, 0.25) is 5.78 Å². The maximum absolute atomic E-state index is 13.7. The van der Waals surface area contributed by atoms with Gasteiger partial charge in [0.1, 0.15) is 22.8 Å². The molecule has 0 spiro atoms. The molecule has 1 aromatic rings. The van der Waals surface area contributed by atoms with E-state index < -0.39 is 58.0 Å². The van der Waals surface area contributed by atoms with Crippen LogP contribution in [0.3, 0.4) is 0 Å². The van der Waals surface area contributed by atoms with Crippen LogP contribution in [0.25, 0.3) is 5.76 Å². The number of carbonyl (C=O) groups is 3. The molecule has 1 amide bonds. The molecule has 0 aromatic heterocycles. The number of carbonyl (C=O) groups excluding carboxylic acids is 3. The number of phenols is 1. The third-order valence-corrected chi connectivity index (χ3v) is 7.22. The Bertz CT molecular complexity index is 1180. The Morgan fingerprint density at radius 2 is 1.88 bits per heavy atom. The second-order valence-electron chi connectivity index (χ2n) is 9.14. The number of amides is 1. The molecule has 1 saturated carbocycles. The van der Waals surface area contributed by atoms with E-state index in [2.05, 4.69) is 0 Å². The second kappa shape index (κ2) is 7.32. The molecule has 0 saturated heterocycles. The van der Waals surface area contributed by atoms with Crippen LogP contribution in [0.5, 0.6) is 5.75 Å². The maximum Gasteiger partial charge on any atom is 0.255 e. The highest BCUT2D eigenvalue weighted by atomic mass is 16.3. The first-order chi connectivity index (χ1) is 15.4. The molecule has 3 aliphatic rings. The summed E-state index contributed by atoms with van der Waals surface area (Å²) in [4.78, 5) is 40.2. The lowest BCUT2D eigenvalue weighted by atomic mass is 9.57. The summed E-state index contributed by atoms with van der Waals surface area (Å²) in [6.07, 6.45) is 0.874. The number of benzene rings is 1. The van der Waals surface area contributed by atoms with Crippen molar-refractivity contribution < 1.29 is 34.8 Å². The zero-order valence-corrected chi connectivity index (χ0v) is 18.5. The fourth-order valence-corrected chi connectivity index (χ4v) is 5.73. The van der Waals surface area contributed by atoms with Gasteiger partial charge in [0.05, 0.1) is 17.3 Å². The number of hydrogen-bond acceptors (Lipinski definition) is 9. The number of aryl methyl sites for hydroxylation is 1. The Balaban J connectivity index is 2.00. The lowest BCUT2D eigenvalue weighted by molar-refractivity contribution is -0.153. The fourth-order valence-electron chi connectivity index (χ4n) is 5.73. The van der Waals surface area contributed by atoms with Crippen LogP contribution in [0, 0.1) is 11.8 Å². The van der Waals surface area contributed by atoms with Crippen LogP contribution in [0.2, 0.25) is 0 Å². The number of rotatable bonds is 3.